The fraction of sp³-hybridized carbons (Fsp3) is 0.417. The van der Waals surface area contributed by atoms with Gasteiger partial charge in [-0.05, 0) is 30.5 Å². The Bertz CT molecular complexity index is 378. The molecule has 1 aromatic heterocycles. The van der Waals surface area contributed by atoms with Crippen LogP contribution in [0.15, 0.2) is 24.4 Å². The zero-order valence-corrected chi connectivity index (χ0v) is 8.33. The third kappa shape index (κ3) is 1.18. The first kappa shape index (κ1) is 8.18. The number of hydrogen-bond donors (Lipinski definition) is 1. The maximum absolute atomic E-state index is 4.33. The molecule has 0 spiro atoms. The minimum Gasteiger partial charge on any atom is -0.312 e. The topological polar surface area (TPSA) is 24.9 Å². The summed E-state index contributed by atoms with van der Waals surface area (Å²) in [4.78, 5) is 4.33. The maximum Gasteiger partial charge on any atom is 0.0373 e. The highest BCUT2D eigenvalue weighted by Crippen LogP contribution is 2.35. The van der Waals surface area contributed by atoms with Crippen molar-refractivity contribution >= 4 is 5.57 Å². The van der Waals surface area contributed by atoms with Crippen LogP contribution in [-0.2, 0) is 0 Å². The smallest absolute Gasteiger partial charge is 0.0373 e. The predicted molar refractivity (Wildman–Crippen MR) is 56.8 cm³/mol. The van der Waals surface area contributed by atoms with Crippen LogP contribution in [0.3, 0.4) is 0 Å². The van der Waals surface area contributed by atoms with Gasteiger partial charge in [-0.1, -0.05) is 12.1 Å². The fourth-order valence-corrected chi connectivity index (χ4v) is 2.25. The molecular weight excluding hydrogens is 172 g/mol. The number of pyridine rings is 1. The van der Waals surface area contributed by atoms with Crippen LogP contribution in [0.1, 0.15) is 17.7 Å². The van der Waals surface area contributed by atoms with Crippen molar-refractivity contribution in [2.75, 3.05) is 6.54 Å². The molecule has 3 rings (SSSR count). The van der Waals surface area contributed by atoms with Gasteiger partial charge in [0.1, 0.15) is 0 Å². The van der Waals surface area contributed by atoms with E-state index in [-0.39, 0.29) is 0 Å². The van der Waals surface area contributed by atoms with Gasteiger partial charge < -0.3 is 5.32 Å². The first-order valence-electron chi connectivity index (χ1n) is 5.20. The van der Waals surface area contributed by atoms with E-state index in [1.165, 1.54) is 17.6 Å². The summed E-state index contributed by atoms with van der Waals surface area (Å²) in [6.45, 7) is 3.19. The van der Waals surface area contributed by atoms with Crippen LogP contribution < -0.4 is 5.32 Å². The van der Waals surface area contributed by atoms with E-state index < -0.39 is 0 Å². The summed E-state index contributed by atoms with van der Waals surface area (Å²) in [5.41, 5.74) is 3.86. The van der Waals surface area contributed by atoms with E-state index in [0.29, 0.717) is 6.04 Å². The number of aromatic nitrogens is 1. The number of fused-ring (bicyclic) bond motifs is 1. The second-order valence-electron chi connectivity index (χ2n) is 4.26. The Balaban J connectivity index is 1.89. The third-order valence-electron chi connectivity index (χ3n) is 3.27. The van der Waals surface area contributed by atoms with Gasteiger partial charge in [0.25, 0.3) is 0 Å². The van der Waals surface area contributed by atoms with Crippen molar-refractivity contribution in [2.24, 2.45) is 5.92 Å². The Morgan fingerprint density at radius 3 is 2.86 bits per heavy atom. The molecule has 2 nitrogen and oxygen atoms in total. The van der Waals surface area contributed by atoms with Crippen LogP contribution in [0.5, 0.6) is 0 Å². The molecule has 0 amide bonds. The predicted octanol–water partition coefficient (Wildman–Crippen LogP) is 1.77. The molecule has 14 heavy (non-hydrogen) atoms. The van der Waals surface area contributed by atoms with Crippen molar-refractivity contribution in [2.45, 2.75) is 19.4 Å². The van der Waals surface area contributed by atoms with Crippen molar-refractivity contribution in [3.8, 4) is 0 Å². The second-order valence-corrected chi connectivity index (χ2v) is 4.26. The summed E-state index contributed by atoms with van der Waals surface area (Å²) in [7, 11) is 0. The maximum atomic E-state index is 4.33. The molecule has 0 unspecified atom stereocenters. The van der Waals surface area contributed by atoms with Crippen LogP contribution in [0.2, 0.25) is 0 Å². The lowest BCUT2D eigenvalue weighted by molar-refractivity contribution is 0.306. The van der Waals surface area contributed by atoms with E-state index in [4.69, 9.17) is 0 Å². The molecule has 1 aliphatic heterocycles. The molecule has 0 radical (unpaired) electrons. The van der Waals surface area contributed by atoms with Crippen LogP contribution in [-0.4, -0.2) is 17.6 Å². The highest BCUT2D eigenvalue weighted by Gasteiger charge is 2.34. The normalized spacial score (nSPS) is 29.4. The molecule has 1 aliphatic carbocycles. The zero-order chi connectivity index (χ0) is 9.54. The highest BCUT2D eigenvalue weighted by molar-refractivity contribution is 5.68. The van der Waals surface area contributed by atoms with Crippen LogP contribution in [0.4, 0.5) is 0 Å². The number of nitrogens with one attached hydrogen (secondary N) is 1. The Labute approximate surface area is 84.1 Å². The molecule has 0 saturated carbocycles. The SMILES string of the molecule is Cc1ccc(C2=C[C@@H]3CN[C@@H]3C2)cn1. The molecule has 1 aromatic rings. The Kier molecular flexibility index (Phi) is 1.71. The van der Waals surface area contributed by atoms with Gasteiger partial charge >= 0.3 is 0 Å². The van der Waals surface area contributed by atoms with Crippen LogP contribution in [0, 0.1) is 12.8 Å². The number of rotatable bonds is 1. The molecule has 1 saturated heterocycles. The summed E-state index contributed by atoms with van der Waals surface area (Å²) in [6.07, 6.45) is 5.58. The fourth-order valence-electron chi connectivity index (χ4n) is 2.25. The Morgan fingerprint density at radius 2 is 2.36 bits per heavy atom. The van der Waals surface area contributed by atoms with E-state index in [1.54, 1.807) is 0 Å². The average molecular weight is 186 g/mol. The Morgan fingerprint density at radius 1 is 1.43 bits per heavy atom. The molecule has 1 fully saturated rings. The van der Waals surface area contributed by atoms with Gasteiger partial charge in [-0.2, -0.15) is 0 Å². The zero-order valence-electron chi connectivity index (χ0n) is 8.33. The van der Waals surface area contributed by atoms with Gasteiger partial charge in [-0.3, -0.25) is 4.98 Å². The number of aryl methyl sites for hydroxylation is 1. The molecule has 2 heteroatoms. The third-order valence-corrected chi connectivity index (χ3v) is 3.27. The lowest BCUT2D eigenvalue weighted by atomic mass is 9.95. The molecule has 72 valence electrons. The van der Waals surface area contributed by atoms with Gasteiger partial charge in [0, 0.05) is 30.4 Å². The molecular formula is C12H14N2. The minimum atomic E-state index is 0.714. The monoisotopic (exact) mass is 186 g/mol. The number of nitrogens with zero attached hydrogens (tertiary/aromatic N) is 1. The molecule has 0 aromatic carbocycles. The van der Waals surface area contributed by atoms with E-state index in [2.05, 4.69) is 28.5 Å². The average Bonchev–Trinajstić information content (AvgIpc) is 2.45. The lowest BCUT2D eigenvalue weighted by Crippen LogP contribution is -2.49. The van der Waals surface area contributed by atoms with Crippen molar-refractivity contribution < 1.29 is 0 Å². The summed E-state index contributed by atoms with van der Waals surface area (Å²) in [5, 5.41) is 3.45. The summed E-state index contributed by atoms with van der Waals surface area (Å²) < 4.78 is 0. The van der Waals surface area contributed by atoms with E-state index in [0.717, 1.165) is 18.2 Å². The first-order chi connectivity index (χ1) is 6.83. The van der Waals surface area contributed by atoms with E-state index in [1.807, 2.05) is 13.1 Å². The van der Waals surface area contributed by atoms with Gasteiger partial charge in [-0.25, -0.2) is 0 Å². The quantitative estimate of drug-likeness (QED) is 0.723. The molecule has 2 heterocycles. The van der Waals surface area contributed by atoms with Crippen molar-refractivity contribution in [3.63, 3.8) is 0 Å². The van der Waals surface area contributed by atoms with Crippen LogP contribution in [0.25, 0.3) is 5.57 Å². The molecule has 0 bridgehead atoms. The van der Waals surface area contributed by atoms with E-state index >= 15 is 0 Å². The largest absolute Gasteiger partial charge is 0.312 e. The van der Waals surface area contributed by atoms with Crippen molar-refractivity contribution in [1.29, 1.82) is 0 Å². The summed E-state index contributed by atoms with van der Waals surface area (Å²) in [5.74, 6) is 0.784. The van der Waals surface area contributed by atoms with Gasteiger partial charge in [0.2, 0.25) is 0 Å². The minimum absolute atomic E-state index is 0.714. The first-order valence-corrected chi connectivity index (χ1v) is 5.20. The van der Waals surface area contributed by atoms with Crippen LogP contribution >= 0.6 is 0 Å². The molecule has 2 aliphatic rings. The summed E-state index contributed by atoms with van der Waals surface area (Å²) in [6, 6.07) is 4.98. The lowest BCUT2D eigenvalue weighted by Gasteiger charge is -2.31. The van der Waals surface area contributed by atoms with Crippen molar-refractivity contribution in [1.82, 2.24) is 10.3 Å². The molecule has 1 N–H and O–H groups in total. The van der Waals surface area contributed by atoms with Crippen molar-refractivity contribution in [3.05, 3.63) is 35.7 Å². The second kappa shape index (κ2) is 2.92. The van der Waals surface area contributed by atoms with Gasteiger partial charge in [0.05, 0.1) is 0 Å². The van der Waals surface area contributed by atoms with E-state index in [9.17, 15) is 0 Å². The number of hydrogen-bond acceptors (Lipinski definition) is 2. The standard InChI is InChI=1S/C12H14N2/c1-8-2-3-9(6-13-8)10-4-11-7-14-12(11)5-10/h2-4,6,11-12,14H,5,7H2,1H3/t11-,12-/m1/s1. The van der Waals surface area contributed by atoms with Gasteiger partial charge in [-0.15, -0.1) is 0 Å². The summed E-state index contributed by atoms with van der Waals surface area (Å²) >= 11 is 0. The highest BCUT2D eigenvalue weighted by atomic mass is 15.0. The molecule has 2 atom stereocenters. The Hall–Kier alpha value is -1.15. The van der Waals surface area contributed by atoms with Gasteiger partial charge in [0.15, 0.2) is 0 Å².